The van der Waals surface area contributed by atoms with E-state index in [0.717, 1.165) is 31.4 Å². The van der Waals surface area contributed by atoms with Crippen molar-refractivity contribution in [1.29, 1.82) is 5.26 Å². The standard InChI is InChI=1S/C17H27N3/c1-3-15(2)20-12-9-16(19-20)13-17(14-18)10-7-5-4-6-8-11-17/h9,12,15H,3-8,10-11,13H2,1-2H3. The van der Waals surface area contributed by atoms with E-state index in [1.54, 1.807) is 0 Å². The van der Waals surface area contributed by atoms with Crippen LogP contribution in [0.4, 0.5) is 0 Å². The highest BCUT2D eigenvalue weighted by Crippen LogP contribution is 2.36. The van der Waals surface area contributed by atoms with Crippen LogP contribution in [-0.4, -0.2) is 9.78 Å². The molecule has 1 unspecified atom stereocenters. The lowest BCUT2D eigenvalue weighted by atomic mass is 9.74. The molecule has 0 bridgehead atoms. The lowest BCUT2D eigenvalue weighted by molar-refractivity contribution is 0.283. The second-order valence-corrected chi connectivity index (χ2v) is 6.38. The number of nitrogens with zero attached hydrogens (tertiary/aromatic N) is 3. The van der Waals surface area contributed by atoms with Crippen LogP contribution in [0.15, 0.2) is 12.3 Å². The highest BCUT2D eigenvalue weighted by Gasteiger charge is 2.31. The molecule has 0 spiro atoms. The summed E-state index contributed by atoms with van der Waals surface area (Å²) in [7, 11) is 0. The Morgan fingerprint density at radius 2 is 1.95 bits per heavy atom. The summed E-state index contributed by atoms with van der Waals surface area (Å²) in [5.74, 6) is 0. The fraction of sp³-hybridized carbons (Fsp3) is 0.765. The summed E-state index contributed by atoms with van der Waals surface area (Å²) in [4.78, 5) is 0. The molecule has 1 heterocycles. The smallest absolute Gasteiger partial charge is 0.0693 e. The van der Waals surface area contributed by atoms with Crippen molar-refractivity contribution >= 4 is 0 Å². The van der Waals surface area contributed by atoms with E-state index in [1.807, 2.05) is 4.68 Å². The first-order valence-corrected chi connectivity index (χ1v) is 8.14. The highest BCUT2D eigenvalue weighted by molar-refractivity contribution is 5.10. The van der Waals surface area contributed by atoms with E-state index in [1.165, 1.54) is 32.1 Å². The second kappa shape index (κ2) is 6.92. The topological polar surface area (TPSA) is 41.6 Å². The molecule has 1 fully saturated rings. The van der Waals surface area contributed by atoms with E-state index in [2.05, 4.69) is 37.3 Å². The molecule has 0 saturated heterocycles. The van der Waals surface area contributed by atoms with Gasteiger partial charge in [-0.2, -0.15) is 10.4 Å². The molecule has 1 aliphatic carbocycles. The van der Waals surface area contributed by atoms with Gasteiger partial charge in [0.25, 0.3) is 0 Å². The number of hydrogen-bond donors (Lipinski definition) is 0. The molecule has 1 aromatic rings. The molecule has 0 aliphatic heterocycles. The van der Waals surface area contributed by atoms with E-state index in [9.17, 15) is 5.26 Å². The van der Waals surface area contributed by atoms with Crippen LogP contribution in [0, 0.1) is 16.7 Å². The molecule has 20 heavy (non-hydrogen) atoms. The predicted octanol–water partition coefficient (Wildman–Crippen LogP) is 4.65. The second-order valence-electron chi connectivity index (χ2n) is 6.38. The highest BCUT2D eigenvalue weighted by atomic mass is 15.3. The van der Waals surface area contributed by atoms with E-state index >= 15 is 0 Å². The van der Waals surface area contributed by atoms with Gasteiger partial charge in [0.15, 0.2) is 0 Å². The predicted molar refractivity (Wildman–Crippen MR) is 81.3 cm³/mol. The summed E-state index contributed by atoms with van der Waals surface area (Å²) >= 11 is 0. The van der Waals surface area contributed by atoms with Gasteiger partial charge >= 0.3 is 0 Å². The van der Waals surface area contributed by atoms with Crippen molar-refractivity contribution < 1.29 is 0 Å². The Kier molecular flexibility index (Phi) is 5.23. The zero-order valence-electron chi connectivity index (χ0n) is 12.9. The first kappa shape index (κ1) is 15.1. The summed E-state index contributed by atoms with van der Waals surface area (Å²) in [5.41, 5.74) is 0.919. The Labute approximate surface area is 123 Å². The summed E-state index contributed by atoms with van der Waals surface area (Å²) in [6, 6.07) is 5.18. The van der Waals surface area contributed by atoms with Gasteiger partial charge in [-0.3, -0.25) is 4.68 Å². The van der Waals surface area contributed by atoms with Gasteiger partial charge < -0.3 is 0 Å². The van der Waals surface area contributed by atoms with Crippen molar-refractivity contribution in [1.82, 2.24) is 9.78 Å². The van der Waals surface area contributed by atoms with Crippen LogP contribution < -0.4 is 0 Å². The van der Waals surface area contributed by atoms with Crippen LogP contribution in [0.25, 0.3) is 0 Å². The molecule has 1 aromatic heterocycles. The van der Waals surface area contributed by atoms with Crippen LogP contribution in [0.5, 0.6) is 0 Å². The lowest BCUT2D eigenvalue weighted by Crippen LogP contribution is -2.23. The molecule has 0 N–H and O–H groups in total. The molecule has 0 radical (unpaired) electrons. The third-order valence-corrected chi connectivity index (χ3v) is 4.77. The fourth-order valence-corrected chi connectivity index (χ4v) is 3.16. The monoisotopic (exact) mass is 273 g/mol. The molecule has 3 nitrogen and oxygen atoms in total. The van der Waals surface area contributed by atoms with Gasteiger partial charge in [-0.15, -0.1) is 0 Å². The van der Waals surface area contributed by atoms with Crippen molar-refractivity contribution in [3.63, 3.8) is 0 Å². The van der Waals surface area contributed by atoms with Gasteiger partial charge in [-0.25, -0.2) is 0 Å². The zero-order valence-corrected chi connectivity index (χ0v) is 12.9. The molecule has 2 rings (SSSR count). The van der Waals surface area contributed by atoms with Gasteiger partial charge in [-0.1, -0.05) is 39.0 Å². The Bertz CT molecular complexity index is 447. The summed E-state index contributed by atoms with van der Waals surface area (Å²) in [6.07, 6.45) is 12.4. The average molecular weight is 273 g/mol. The van der Waals surface area contributed by atoms with Gasteiger partial charge in [0, 0.05) is 18.7 Å². The van der Waals surface area contributed by atoms with Crippen LogP contribution in [0.3, 0.4) is 0 Å². The van der Waals surface area contributed by atoms with Crippen molar-refractivity contribution in [2.24, 2.45) is 5.41 Å². The minimum Gasteiger partial charge on any atom is -0.270 e. The first-order valence-electron chi connectivity index (χ1n) is 8.14. The van der Waals surface area contributed by atoms with Crippen LogP contribution >= 0.6 is 0 Å². The SMILES string of the molecule is CCC(C)n1ccc(CC2(C#N)CCCCCCC2)n1. The maximum atomic E-state index is 9.70. The number of nitriles is 1. The van der Waals surface area contributed by atoms with Crippen molar-refractivity contribution in [2.45, 2.75) is 77.7 Å². The minimum atomic E-state index is -0.172. The van der Waals surface area contributed by atoms with Crippen LogP contribution in [0.1, 0.15) is 76.9 Å². The Morgan fingerprint density at radius 3 is 2.55 bits per heavy atom. The number of aromatic nitrogens is 2. The van der Waals surface area contributed by atoms with E-state index in [0.29, 0.717) is 6.04 Å². The zero-order chi connectivity index (χ0) is 14.4. The van der Waals surface area contributed by atoms with Gasteiger partial charge in [0.05, 0.1) is 17.2 Å². The lowest BCUT2D eigenvalue weighted by Gasteiger charge is -2.27. The summed E-state index contributed by atoms with van der Waals surface area (Å²) < 4.78 is 2.04. The molecule has 0 aromatic carbocycles. The van der Waals surface area contributed by atoms with E-state index in [-0.39, 0.29) is 5.41 Å². The minimum absolute atomic E-state index is 0.172. The number of rotatable bonds is 4. The maximum absolute atomic E-state index is 9.70. The molecular formula is C17H27N3. The molecular weight excluding hydrogens is 246 g/mol. The Balaban J connectivity index is 2.08. The van der Waals surface area contributed by atoms with Gasteiger partial charge in [0.1, 0.15) is 0 Å². The van der Waals surface area contributed by atoms with Crippen molar-refractivity contribution in [3.05, 3.63) is 18.0 Å². The van der Waals surface area contributed by atoms with Gasteiger partial charge in [0.2, 0.25) is 0 Å². The fourth-order valence-electron chi connectivity index (χ4n) is 3.16. The normalized spacial score (nSPS) is 20.6. The quantitative estimate of drug-likeness (QED) is 0.801. The van der Waals surface area contributed by atoms with Crippen molar-refractivity contribution in [2.75, 3.05) is 0 Å². The van der Waals surface area contributed by atoms with Crippen LogP contribution in [-0.2, 0) is 6.42 Å². The molecule has 1 saturated carbocycles. The molecule has 1 aliphatic rings. The number of hydrogen-bond acceptors (Lipinski definition) is 2. The van der Waals surface area contributed by atoms with E-state index < -0.39 is 0 Å². The van der Waals surface area contributed by atoms with E-state index in [4.69, 9.17) is 0 Å². The van der Waals surface area contributed by atoms with Gasteiger partial charge in [-0.05, 0) is 32.3 Å². The largest absolute Gasteiger partial charge is 0.270 e. The molecule has 3 heteroatoms. The third-order valence-electron chi connectivity index (χ3n) is 4.77. The molecule has 110 valence electrons. The van der Waals surface area contributed by atoms with Crippen LogP contribution in [0.2, 0.25) is 0 Å². The molecule has 1 atom stereocenters. The third kappa shape index (κ3) is 3.62. The Hall–Kier alpha value is -1.30. The average Bonchev–Trinajstić information content (AvgIpc) is 2.89. The van der Waals surface area contributed by atoms with Crippen molar-refractivity contribution in [3.8, 4) is 6.07 Å². The summed E-state index contributed by atoms with van der Waals surface area (Å²) in [5, 5.41) is 14.4. The Morgan fingerprint density at radius 1 is 1.30 bits per heavy atom. The first-order chi connectivity index (χ1) is 9.69. The molecule has 0 amide bonds. The maximum Gasteiger partial charge on any atom is 0.0693 e. The summed E-state index contributed by atoms with van der Waals surface area (Å²) in [6.45, 7) is 4.37.